The van der Waals surface area contributed by atoms with Crippen LogP contribution in [0.15, 0.2) is 36.5 Å². The molecule has 0 bridgehead atoms. The number of hydrogen-bond donors (Lipinski definition) is 1. The summed E-state index contributed by atoms with van der Waals surface area (Å²) >= 11 is 6.07. The Bertz CT molecular complexity index is 532. The van der Waals surface area contributed by atoms with E-state index in [1.54, 1.807) is 4.68 Å². The number of benzene rings is 1. The van der Waals surface area contributed by atoms with E-state index in [2.05, 4.69) is 15.6 Å². The van der Waals surface area contributed by atoms with Gasteiger partial charge in [0.25, 0.3) is 0 Å². The fraction of sp³-hybridized carbons (Fsp3) is 0.0909. The number of nitrogens with zero attached hydrogens (tertiary/aromatic N) is 3. The van der Waals surface area contributed by atoms with Gasteiger partial charge in [-0.15, -0.1) is 5.10 Å². The third kappa shape index (κ3) is 1.39. The second kappa shape index (κ2) is 3.64. The standard InChI is InChI=1S/C11H9ClN4/c12-11-10-9(6-7-13-11)16(15-14-10)8-4-2-1-3-5-8/h1-7,11,13H. The summed E-state index contributed by atoms with van der Waals surface area (Å²) in [6.45, 7) is 0. The number of fused-ring (bicyclic) bond motifs is 1. The minimum Gasteiger partial charge on any atom is -0.370 e. The summed E-state index contributed by atoms with van der Waals surface area (Å²) in [5.41, 5.74) is 2.35. The van der Waals surface area contributed by atoms with Crippen LogP contribution in [-0.4, -0.2) is 15.0 Å². The number of para-hydroxylation sites is 1. The topological polar surface area (TPSA) is 42.7 Å². The molecule has 2 heterocycles. The molecule has 0 fully saturated rings. The van der Waals surface area contributed by atoms with Crippen molar-refractivity contribution in [2.24, 2.45) is 0 Å². The van der Waals surface area contributed by atoms with E-state index in [0.717, 1.165) is 17.1 Å². The molecule has 1 aromatic heterocycles. The smallest absolute Gasteiger partial charge is 0.148 e. The molecule has 0 saturated carbocycles. The zero-order chi connectivity index (χ0) is 11.0. The highest BCUT2D eigenvalue weighted by atomic mass is 35.5. The van der Waals surface area contributed by atoms with E-state index >= 15 is 0 Å². The SMILES string of the molecule is ClC1NC=Cc2c1nnn2-c1ccccc1. The Morgan fingerprint density at radius 1 is 1.25 bits per heavy atom. The van der Waals surface area contributed by atoms with Crippen LogP contribution in [0.4, 0.5) is 0 Å². The maximum absolute atomic E-state index is 6.07. The van der Waals surface area contributed by atoms with Gasteiger partial charge in [0.05, 0.1) is 11.4 Å². The van der Waals surface area contributed by atoms with Crippen molar-refractivity contribution in [2.75, 3.05) is 0 Å². The molecule has 3 rings (SSSR count). The van der Waals surface area contributed by atoms with E-state index in [4.69, 9.17) is 11.6 Å². The van der Waals surface area contributed by atoms with Gasteiger partial charge in [-0.25, -0.2) is 4.68 Å². The summed E-state index contributed by atoms with van der Waals surface area (Å²) in [5.74, 6) is 0. The van der Waals surface area contributed by atoms with Gasteiger partial charge >= 0.3 is 0 Å². The lowest BCUT2D eigenvalue weighted by Gasteiger charge is -2.13. The van der Waals surface area contributed by atoms with Crippen LogP contribution < -0.4 is 5.32 Å². The molecule has 0 aliphatic carbocycles. The van der Waals surface area contributed by atoms with Crippen molar-refractivity contribution in [3.8, 4) is 5.69 Å². The van der Waals surface area contributed by atoms with E-state index in [0.29, 0.717) is 0 Å². The summed E-state index contributed by atoms with van der Waals surface area (Å²) in [7, 11) is 0. The lowest BCUT2D eigenvalue weighted by atomic mass is 10.2. The predicted octanol–water partition coefficient (Wildman–Crippen LogP) is 2.08. The molecule has 2 aromatic rings. The molecule has 0 radical (unpaired) electrons. The molecule has 1 aliphatic heterocycles. The van der Waals surface area contributed by atoms with Gasteiger partial charge in [-0.3, -0.25) is 0 Å². The number of alkyl halides is 1. The van der Waals surface area contributed by atoms with Crippen LogP contribution in [0.2, 0.25) is 0 Å². The lowest BCUT2D eigenvalue weighted by molar-refractivity contribution is 0.773. The maximum Gasteiger partial charge on any atom is 0.148 e. The van der Waals surface area contributed by atoms with Crippen LogP contribution >= 0.6 is 11.6 Å². The molecule has 1 N–H and O–H groups in total. The van der Waals surface area contributed by atoms with Crippen LogP contribution in [0.25, 0.3) is 11.8 Å². The predicted molar refractivity (Wildman–Crippen MR) is 62.1 cm³/mol. The highest BCUT2D eigenvalue weighted by molar-refractivity contribution is 6.20. The van der Waals surface area contributed by atoms with Crippen molar-refractivity contribution in [2.45, 2.75) is 5.50 Å². The van der Waals surface area contributed by atoms with Crippen LogP contribution in [0.3, 0.4) is 0 Å². The molecule has 0 spiro atoms. The molecule has 1 aromatic carbocycles. The molecule has 0 saturated heterocycles. The third-order valence-corrected chi connectivity index (χ3v) is 2.79. The normalized spacial score (nSPS) is 17.9. The third-order valence-electron chi connectivity index (χ3n) is 2.46. The fourth-order valence-electron chi connectivity index (χ4n) is 1.69. The van der Waals surface area contributed by atoms with Crippen molar-refractivity contribution in [1.29, 1.82) is 0 Å². The molecule has 1 aliphatic rings. The van der Waals surface area contributed by atoms with Gasteiger partial charge < -0.3 is 5.32 Å². The first kappa shape index (κ1) is 9.42. The zero-order valence-electron chi connectivity index (χ0n) is 8.34. The Kier molecular flexibility index (Phi) is 2.15. The Morgan fingerprint density at radius 3 is 2.88 bits per heavy atom. The maximum atomic E-state index is 6.07. The average molecular weight is 233 g/mol. The second-order valence-electron chi connectivity index (χ2n) is 3.47. The van der Waals surface area contributed by atoms with Crippen molar-refractivity contribution >= 4 is 17.7 Å². The van der Waals surface area contributed by atoms with Gasteiger partial charge in [0.1, 0.15) is 11.2 Å². The fourth-order valence-corrected chi connectivity index (χ4v) is 1.92. The Labute approximate surface area is 97.5 Å². The van der Waals surface area contributed by atoms with Crippen molar-refractivity contribution in [3.05, 3.63) is 47.9 Å². The zero-order valence-corrected chi connectivity index (χ0v) is 9.09. The van der Waals surface area contributed by atoms with Gasteiger partial charge in [-0.05, 0) is 18.2 Å². The summed E-state index contributed by atoms with van der Waals surface area (Å²) < 4.78 is 1.78. The molecule has 0 amide bonds. The average Bonchev–Trinajstić information content (AvgIpc) is 2.75. The minimum atomic E-state index is -0.308. The summed E-state index contributed by atoms with van der Waals surface area (Å²) in [4.78, 5) is 0. The molecule has 5 heteroatoms. The number of halogens is 1. The number of nitrogens with one attached hydrogen (secondary N) is 1. The first-order valence-corrected chi connectivity index (χ1v) is 5.37. The molecule has 1 unspecified atom stereocenters. The van der Waals surface area contributed by atoms with Gasteiger partial charge in [-0.2, -0.15) is 0 Å². The van der Waals surface area contributed by atoms with E-state index in [-0.39, 0.29) is 5.50 Å². The highest BCUT2D eigenvalue weighted by Crippen LogP contribution is 2.25. The molecular weight excluding hydrogens is 224 g/mol. The van der Waals surface area contributed by atoms with Gasteiger partial charge in [-0.1, -0.05) is 35.0 Å². The number of hydrogen-bond acceptors (Lipinski definition) is 3. The lowest BCUT2D eigenvalue weighted by Crippen LogP contribution is -2.15. The highest BCUT2D eigenvalue weighted by Gasteiger charge is 2.20. The van der Waals surface area contributed by atoms with Crippen LogP contribution in [0.1, 0.15) is 16.9 Å². The Hall–Kier alpha value is -1.81. The molecule has 16 heavy (non-hydrogen) atoms. The molecule has 4 nitrogen and oxygen atoms in total. The Balaban J connectivity index is 2.15. The molecular formula is C11H9ClN4. The van der Waals surface area contributed by atoms with Gasteiger partial charge in [0, 0.05) is 6.20 Å². The van der Waals surface area contributed by atoms with Crippen LogP contribution in [-0.2, 0) is 0 Å². The van der Waals surface area contributed by atoms with E-state index in [1.807, 2.05) is 42.6 Å². The number of rotatable bonds is 1. The summed E-state index contributed by atoms with van der Waals surface area (Å²) in [6.07, 6.45) is 3.73. The summed E-state index contributed by atoms with van der Waals surface area (Å²) in [6, 6.07) is 9.86. The molecule has 80 valence electrons. The van der Waals surface area contributed by atoms with E-state index in [9.17, 15) is 0 Å². The van der Waals surface area contributed by atoms with Gasteiger partial charge in [0.15, 0.2) is 0 Å². The minimum absolute atomic E-state index is 0.308. The van der Waals surface area contributed by atoms with E-state index in [1.165, 1.54) is 0 Å². The first-order valence-electron chi connectivity index (χ1n) is 4.94. The van der Waals surface area contributed by atoms with Gasteiger partial charge in [0.2, 0.25) is 0 Å². The largest absolute Gasteiger partial charge is 0.370 e. The van der Waals surface area contributed by atoms with Crippen LogP contribution in [0.5, 0.6) is 0 Å². The van der Waals surface area contributed by atoms with Crippen molar-refractivity contribution in [3.63, 3.8) is 0 Å². The van der Waals surface area contributed by atoms with E-state index < -0.39 is 0 Å². The first-order chi connectivity index (χ1) is 7.86. The second-order valence-corrected chi connectivity index (χ2v) is 3.91. The Morgan fingerprint density at radius 2 is 2.06 bits per heavy atom. The monoisotopic (exact) mass is 232 g/mol. The number of aromatic nitrogens is 3. The van der Waals surface area contributed by atoms with Crippen LogP contribution in [0, 0.1) is 0 Å². The molecule has 1 atom stereocenters. The summed E-state index contributed by atoms with van der Waals surface area (Å²) in [5, 5.41) is 11.2. The quantitative estimate of drug-likeness (QED) is 0.605. The van der Waals surface area contributed by atoms with Crippen molar-refractivity contribution in [1.82, 2.24) is 20.3 Å². The van der Waals surface area contributed by atoms with Crippen molar-refractivity contribution < 1.29 is 0 Å².